The van der Waals surface area contributed by atoms with Gasteiger partial charge in [-0.2, -0.15) is 0 Å². The van der Waals surface area contributed by atoms with Gasteiger partial charge in [0.15, 0.2) is 12.6 Å². The van der Waals surface area contributed by atoms with Gasteiger partial charge in [-0.15, -0.1) is 0 Å². The molecule has 0 bridgehead atoms. The summed E-state index contributed by atoms with van der Waals surface area (Å²) < 4.78 is 22.9. The number of unbranched alkanes of at least 4 members (excludes halogenated alkanes) is 36. The Hall–Kier alpha value is -2.83. The highest BCUT2D eigenvalue weighted by Gasteiger charge is 2.51. The lowest BCUT2D eigenvalue weighted by Gasteiger charge is -2.46. The van der Waals surface area contributed by atoms with E-state index in [-0.39, 0.29) is 18.9 Å². The van der Waals surface area contributed by atoms with Gasteiger partial charge in [0.2, 0.25) is 5.91 Å². The third kappa shape index (κ3) is 44.5. The topological polar surface area (TPSA) is 228 Å². The van der Waals surface area contributed by atoms with E-state index in [1.807, 2.05) is 6.08 Å². The molecule has 14 nitrogen and oxygen atoms in total. The number of carbonyl (C=O) groups is 1. The predicted molar refractivity (Wildman–Crippen MR) is 373 cm³/mol. The summed E-state index contributed by atoms with van der Waals surface area (Å²) in [6.45, 7) is 2.69. The summed E-state index contributed by atoms with van der Waals surface area (Å²) in [5.74, 6) is -0.256. The van der Waals surface area contributed by atoms with Crippen molar-refractivity contribution < 1.29 is 64.6 Å². The fraction of sp³-hybridized carbons (Fsp3) is 0.805. The van der Waals surface area contributed by atoms with E-state index in [1.54, 1.807) is 6.08 Å². The zero-order valence-corrected chi connectivity index (χ0v) is 57.6. The first-order valence-electron chi connectivity index (χ1n) is 37.3. The van der Waals surface area contributed by atoms with Gasteiger partial charge in [0.05, 0.1) is 32.0 Å². The number of aliphatic hydroxyl groups is 8. The molecule has 2 aliphatic heterocycles. The van der Waals surface area contributed by atoms with Crippen molar-refractivity contribution in [2.45, 2.75) is 376 Å². The summed E-state index contributed by atoms with van der Waals surface area (Å²) in [4.78, 5) is 13.3. The van der Waals surface area contributed by atoms with Crippen LogP contribution in [0.1, 0.15) is 303 Å². The minimum atomic E-state index is -1.80. The molecule has 0 aromatic heterocycles. The number of hydrogen-bond acceptors (Lipinski definition) is 13. The molecule has 0 saturated carbocycles. The summed E-state index contributed by atoms with van der Waals surface area (Å²) in [5, 5.41) is 87.5. The van der Waals surface area contributed by atoms with Gasteiger partial charge in [-0.3, -0.25) is 4.79 Å². The van der Waals surface area contributed by atoms with E-state index in [0.29, 0.717) is 12.8 Å². The van der Waals surface area contributed by atoms with Crippen LogP contribution in [0, 0.1) is 0 Å². The first-order chi connectivity index (χ1) is 44.6. The number of allylic oxidation sites excluding steroid dienone is 13. The monoisotopic (exact) mass is 1280 g/mol. The normalized spacial score (nSPS) is 23.3. The number of nitrogens with one attached hydrogen (secondary N) is 1. The van der Waals surface area contributed by atoms with Gasteiger partial charge in [-0.25, -0.2) is 0 Å². The van der Waals surface area contributed by atoms with Crippen molar-refractivity contribution >= 4 is 5.91 Å². The number of carbonyl (C=O) groups excluding carboxylic acids is 1. The largest absolute Gasteiger partial charge is 0.394 e. The second kappa shape index (κ2) is 60.8. The highest BCUT2D eigenvalue weighted by Crippen LogP contribution is 2.30. The molecule has 0 aromatic carbocycles. The van der Waals surface area contributed by atoms with Crippen LogP contribution in [0.25, 0.3) is 0 Å². The van der Waals surface area contributed by atoms with E-state index in [2.05, 4.69) is 92.1 Å². The smallest absolute Gasteiger partial charge is 0.220 e. The van der Waals surface area contributed by atoms with Crippen LogP contribution >= 0.6 is 0 Å². The average Bonchev–Trinajstić information content (AvgIpc) is 1.15. The highest BCUT2D eigenvalue weighted by atomic mass is 16.7. The van der Waals surface area contributed by atoms with Gasteiger partial charge in [0, 0.05) is 6.42 Å². The maximum absolute atomic E-state index is 13.3. The average molecular weight is 1280 g/mol. The van der Waals surface area contributed by atoms with Crippen LogP contribution in [-0.4, -0.2) is 140 Å². The number of hydrogen-bond donors (Lipinski definition) is 9. The molecule has 91 heavy (non-hydrogen) atoms. The number of aliphatic hydroxyl groups excluding tert-OH is 8. The fourth-order valence-corrected chi connectivity index (χ4v) is 11.9. The molecule has 1 amide bonds. The highest BCUT2D eigenvalue weighted by molar-refractivity contribution is 5.76. The Morgan fingerprint density at radius 1 is 0.407 bits per heavy atom. The maximum Gasteiger partial charge on any atom is 0.220 e. The second-order valence-electron chi connectivity index (χ2n) is 26.0. The first-order valence-corrected chi connectivity index (χ1v) is 37.3. The first kappa shape index (κ1) is 84.3. The molecule has 0 aliphatic carbocycles. The lowest BCUT2D eigenvalue weighted by Crippen LogP contribution is -2.65. The van der Waals surface area contributed by atoms with Crippen LogP contribution in [0.4, 0.5) is 0 Å². The molecule has 2 rings (SSSR count). The van der Waals surface area contributed by atoms with E-state index < -0.39 is 86.8 Å². The Morgan fingerprint density at radius 2 is 0.769 bits per heavy atom. The summed E-state index contributed by atoms with van der Waals surface area (Å²) in [6.07, 6.45) is 68.0. The summed E-state index contributed by atoms with van der Waals surface area (Å²) in [5.41, 5.74) is 0. The quantitative estimate of drug-likeness (QED) is 0.0204. The van der Waals surface area contributed by atoms with Gasteiger partial charge in [-0.05, 0) is 83.5 Å². The Bertz CT molecular complexity index is 1850. The Labute approximate surface area is 554 Å². The van der Waals surface area contributed by atoms with Crippen molar-refractivity contribution in [3.8, 4) is 0 Å². The molecule has 12 unspecified atom stereocenters. The SMILES string of the molecule is CC/C=C\C/C=C\C/C=C\C/C=C\CCCCCCCCCCCCCCC(=O)NC(COC1OC(CO)C(OC2OC(CO)C(O)C(O)C2O)C(O)C1O)C(O)/C=C/CC/C=C/CC/C=C/CCCCCCCCCCCCCCCCCCCCCCCC. The van der Waals surface area contributed by atoms with E-state index in [9.17, 15) is 45.6 Å². The van der Waals surface area contributed by atoms with E-state index in [1.165, 1.54) is 193 Å². The Kier molecular flexibility index (Phi) is 56.3. The second-order valence-corrected chi connectivity index (χ2v) is 26.0. The number of ether oxygens (including phenoxy) is 4. The van der Waals surface area contributed by atoms with Gasteiger partial charge in [0.25, 0.3) is 0 Å². The molecule has 9 N–H and O–H groups in total. The summed E-state index contributed by atoms with van der Waals surface area (Å²) >= 11 is 0. The molecule has 2 heterocycles. The van der Waals surface area contributed by atoms with Crippen LogP contribution in [0.15, 0.2) is 85.1 Å². The molecular weight excluding hydrogens is 1150 g/mol. The maximum atomic E-state index is 13.3. The van der Waals surface area contributed by atoms with Crippen LogP contribution in [0.3, 0.4) is 0 Å². The third-order valence-corrected chi connectivity index (χ3v) is 17.8. The number of rotatable bonds is 61. The molecule has 14 heteroatoms. The zero-order valence-electron chi connectivity index (χ0n) is 57.6. The number of amides is 1. The van der Waals surface area contributed by atoms with Gasteiger partial charge >= 0.3 is 0 Å². The molecule has 12 atom stereocenters. The van der Waals surface area contributed by atoms with E-state index >= 15 is 0 Å². The van der Waals surface area contributed by atoms with Gasteiger partial charge in [0.1, 0.15) is 48.8 Å². The van der Waals surface area contributed by atoms with Crippen molar-refractivity contribution in [2.75, 3.05) is 19.8 Å². The molecular formula is C77H137NO13. The van der Waals surface area contributed by atoms with Crippen LogP contribution in [0.5, 0.6) is 0 Å². The molecule has 0 aromatic rings. The van der Waals surface area contributed by atoms with Crippen molar-refractivity contribution in [1.29, 1.82) is 0 Å². The molecule has 2 fully saturated rings. The fourth-order valence-electron chi connectivity index (χ4n) is 11.9. The van der Waals surface area contributed by atoms with Crippen LogP contribution in [0.2, 0.25) is 0 Å². The molecule has 0 radical (unpaired) electrons. The summed E-state index contributed by atoms with van der Waals surface area (Å²) in [7, 11) is 0. The lowest BCUT2D eigenvalue weighted by atomic mass is 9.97. The van der Waals surface area contributed by atoms with Gasteiger partial charge in [-0.1, -0.05) is 298 Å². The standard InChI is InChI=1S/C77H137NO13/c1-3-5-7-9-11-13-15-17-19-21-23-25-27-29-30-31-32-33-34-35-37-38-40-42-44-46-48-50-52-54-56-58-60-66(81)65(64-88-76-74(87)72(85)75(68(63-80)90-76)91-77-73(86)71(84)70(83)67(62-79)89-77)78-69(82)61-59-57-55-53-51-49-47-45-43-41-39-36-28-26-24-22-20-18-16-14-12-10-8-6-4-2/h6,8,12,14,18,20,24,26,42,44,50,52,58,60,65-68,70-77,79-81,83-87H,3-5,7,9-11,13,15-17,19,21-23,25,27-41,43,45-49,51,53-57,59,61-64H2,1-2H3,(H,78,82)/b8-6-,14-12-,20-18-,26-24-,44-42+,52-50+,60-58+. The Balaban J connectivity index is 1.68. The van der Waals surface area contributed by atoms with Crippen LogP contribution in [-0.2, 0) is 23.7 Å². The molecule has 0 spiro atoms. The zero-order chi connectivity index (χ0) is 65.9. The molecule has 2 saturated heterocycles. The van der Waals surface area contributed by atoms with Gasteiger partial charge < -0.3 is 65.1 Å². The molecule has 528 valence electrons. The molecule has 2 aliphatic rings. The van der Waals surface area contributed by atoms with Crippen LogP contribution < -0.4 is 5.32 Å². The van der Waals surface area contributed by atoms with E-state index in [4.69, 9.17) is 18.9 Å². The minimum absolute atomic E-state index is 0.256. The van der Waals surface area contributed by atoms with Crippen molar-refractivity contribution in [2.24, 2.45) is 0 Å². The van der Waals surface area contributed by atoms with Crippen molar-refractivity contribution in [3.05, 3.63) is 85.1 Å². The van der Waals surface area contributed by atoms with E-state index in [0.717, 1.165) is 77.0 Å². The lowest BCUT2D eigenvalue weighted by molar-refractivity contribution is -0.359. The predicted octanol–water partition coefficient (Wildman–Crippen LogP) is 16.0. The third-order valence-electron chi connectivity index (χ3n) is 17.8. The summed E-state index contributed by atoms with van der Waals surface area (Å²) in [6, 6.07) is -0.946. The minimum Gasteiger partial charge on any atom is -0.394 e. The van der Waals surface area contributed by atoms with Crippen molar-refractivity contribution in [1.82, 2.24) is 5.32 Å². The Morgan fingerprint density at radius 3 is 1.21 bits per heavy atom. The van der Waals surface area contributed by atoms with Crippen molar-refractivity contribution in [3.63, 3.8) is 0 Å².